The van der Waals surface area contributed by atoms with Crippen molar-refractivity contribution < 1.29 is 33.2 Å². The van der Waals surface area contributed by atoms with Gasteiger partial charge in [-0.05, 0) is 44.7 Å². The third-order valence-electron chi connectivity index (χ3n) is 7.81. The Kier molecular flexibility index (Phi) is 6.06. The van der Waals surface area contributed by atoms with Gasteiger partial charge in [-0.3, -0.25) is 4.79 Å². The Morgan fingerprint density at radius 1 is 0.882 bits per heavy atom. The lowest BCUT2D eigenvalue weighted by Crippen LogP contribution is -2.58. The van der Waals surface area contributed by atoms with Gasteiger partial charge in [-0.1, -0.05) is 25.0 Å². The van der Waals surface area contributed by atoms with E-state index in [1.54, 1.807) is 0 Å². The molecule has 6 rings (SSSR count). The Morgan fingerprint density at radius 2 is 1.50 bits per heavy atom. The molecule has 8 heteroatoms. The molecule has 3 heterocycles. The van der Waals surface area contributed by atoms with E-state index < -0.39 is 42.3 Å². The minimum atomic E-state index is -0.871. The number of amides is 1. The molecule has 2 aliphatic carbocycles. The second kappa shape index (κ2) is 9.06. The van der Waals surface area contributed by atoms with Crippen molar-refractivity contribution in [1.29, 1.82) is 0 Å². The minimum Gasteiger partial charge on any atom is -0.492 e. The zero-order chi connectivity index (χ0) is 23.2. The molecule has 1 amide bonds. The number of carbonyl (C=O) groups excluding carboxylic acids is 1. The van der Waals surface area contributed by atoms with Crippen molar-refractivity contribution in [3.05, 3.63) is 24.3 Å². The molecular formula is C26H35NO7. The largest absolute Gasteiger partial charge is 0.492 e. The number of nitrogens with one attached hydrogen (secondary N) is 1. The molecular weight excluding hydrogens is 438 g/mol. The van der Waals surface area contributed by atoms with Crippen LogP contribution in [0.5, 0.6) is 5.75 Å². The maximum absolute atomic E-state index is 13.6. The van der Waals surface area contributed by atoms with Crippen LogP contribution < -0.4 is 10.1 Å². The molecule has 1 aromatic carbocycles. The van der Waals surface area contributed by atoms with Crippen molar-refractivity contribution in [3.8, 4) is 5.75 Å². The summed E-state index contributed by atoms with van der Waals surface area (Å²) in [5, 5.41) is 3.00. The molecule has 1 N–H and O–H groups in total. The summed E-state index contributed by atoms with van der Waals surface area (Å²) in [6.07, 6.45) is 7.02. The quantitative estimate of drug-likeness (QED) is 0.699. The zero-order valence-corrected chi connectivity index (χ0v) is 19.8. The highest BCUT2D eigenvalue weighted by Crippen LogP contribution is 2.51. The molecule has 5 atom stereocenters. The minimum absolute atomic E-state index is 0.287. The van der Waals surface area contributed by atoms with E-state index in [9.17, 15) is 4.79 Å². The van der Waals surface area contributed by atoms with Crippen LogP contribution in [0.15, 0.2) is 24.3 Å². The van der Waals surface area contributed by atoms with Crippen molar-refractivity contribution >= 4 is 11.6 Å². The number of fused-ring (bicyclic) bond motifs is 3. The van der Waals surface area contributed by atoms with Crippen LogP contribution in [0.1, 0.15) is 71.1 Å². The maximum Gasteiger partial charge on any atom is 0.256 e. The van der Waals surface area contributed by atoms with Crippen LogP contribution in [0, 0.1) is 0 Å². The van der Waals surface area contributed by atoms with Gasteiger partial charge in [0.1, 0.15) is 24.1 Å². The SMILES string of the molecule is CCOc1ccccc1NC(=O)[C@@H]1O[C@@H]2OC3(CCCCC3)O[C@@H]2[C@@H]2OC3(CCCCC3)O[C@@H]21. The second-order valence-corrected chi connectivity index (χ2v) is 10.2. The highest BCUT2D eigenvalue weighted by molar-refractivity contribution is 5.96. The zero-order valence-electron chi connectivity index (χ0n) is 19.8. The van der Waals surface area contributed by atoms with Gasteiger partial charge < -0.3 is 33.7 Å². The molecule has 5 aliphatic rings. The molecule has 2 saturated carbocycles. The molecule has 8 nitrogen and oxygen atoms in total. The van der Waals surface area contributed by atoms with E-state index in [-0.39, 0.29) is 5.91 Å². The molecule has 0 radical (unpaired) electrons. The standard InChI is InChI=1S/C26H35NO7/c1-2-29-18-12-6-5-11-17(18)27-23(28)21-19-20(32-25(31-19)13-7-3-8-14-25)22-24(30-21)34-26(33-22)15-9-4-10-16-26/h5-6,11-12,19-22,24H,2-4,7-10,13-16H2,1H3,(H,27,28)/t19-,20+,21+,22+,24+/m0/s1. The Labute approximate surface area is 200 Å². The summed E-state index contributed by atoms with van der Waals surface area (Å²) in [5.74, 6) is -0.974. The molecule has 186 valence electrons. The summed E-state index contributed by atoms with van der Waals surface area (Å²) in [5.41, 5.74) is 0.607. The molecule has 34 heavy (non-hydrogen) atoms. The van der Waals surface area contributed by atoms with E-state index in [0.717, 1.165) is 51.4 Å². The number of ether oxygens (including phenoxy) is 6. The van der Waals surface area contributed by atoms with E-state index in [1.165, 1.54) is 12.8 Å². The van der Waals surface area contributed by atoms with Gasteiger partial charge in [-0.2, -0.15) is 0 Å². The van der Waals surface area contributed by atoms with Crippen LogP contribution >= 0.6 is 0 Å². The summed E-state index contributed by atoms with van der Waals surface area (Å²) in [4.78, 5) is 13.6. The van der Waals surface area contributed by atoms with Crippen LogP contribution in [0.2, 0.25) is 0 Å². The molecule has 0 aromatic heterocycles. The van der Waals surface area contributed by atoms with Crippen LogP contribution in [-0.4, -0.2) is 54.8 Å². The summed E-state index contributed by atoms with van der Waals surface area (Å²) in [6.45, 7) is 2.42. The molecule has 0 bridgehead atoms. The van der Waals surface area contributed by atoms with Gasteiger partial charge in [-0.15, -0.1) is 0 Å². The number of rotatable bonds is 4. The van der Waals surface area contributed by atoms with Crippen LogP contribution in [0.4, 0.5) is 5.69 Å². The monoisotopic (exact) mass is 473 g/mol. The Bertz CT molecular complexity index is 895. The molecule has 5 fully saturated rings. The summed E-state index contributed by atoms with van der Waals surface area (Å²) >= 11 is 0. The topological polar surface area (TPSA) is 84.5 Å². The van der Waals surface area contributed by atoms with Crippen molar-refractivity contribution in [3.63, 3.8) is 0 Å². The first kappa shape index (κ1) is 22.7. The fraction of sp³-hybridized carbons (Fsp3) is 0.731. The first-order valence-corrected chi connectivity index (χ1v) is 13.0. The summed E-state index contributed by atoms with van der Waals surface area (Å²) in [6, 6.07) is 7.41. The maximum atomic E-state index is 13.6. The van der Waals surface area contributed by atoms with Gasteiger partial charge >= 0.3 is 0 Å². The van der Waals surface area contributed by atoms with E-state index in [4.69, 9.17) is 28.4 Å². The van der Waals surface area contributed by atoms with Crippen molar-refractivity contribution in [2.45, 2.75) is 113 Å². The Morgan fingerprint density at radius 3 is 2.21 bits per heavy atom. The number of carbonyl (C=O) groups is 1. The number of anilines is 1. The summed E-state index contributed by atoms with van der Waals surface area (Å²) < 4.78 is 38.1. The smallest absolute Gasteiger partial charge is 0.256 e. The van der Waals surface area contributed by atoms with Gasteiger partial charge in [0.25, 0.3) is 5.91 Å². The van der Waals surface area contributed by atoms with Crippen molar-refractivity contribution in [2.75, 3.05) is 11.9 Å². The van der Waals surface area contributed by atoms with Gasteiger partial charge in [0.05, 0.1) is 12.3 Å². The highest BCUT2D eigenvalue weighted by atomic mass is 16.9. The number of hydrogen-bond donors (Lipinski definition) is 1. The number of benzene rings is 1. The van der Waals surface area contributed by atoms with E-state index in [1.807, 2.05) is 31.2 Å². The highest BCUT2D eigenvalue weighted by Gasteiger charge is 2.65. The molecule has 2 spiro atoms. The Hall–Kier alpha value is -1.71. The molecule has 3 saturated heterocycles. The van der Waals surface area contributed by atoms with Gasteiger partial charge in [0.2, 0.25) is 0 Å². The van der Waals surface area contributed by atoms with Crippen LogP contribution in [0.3, 0.4) is 0 Å². The lowest BCUT2D eigenvalue weighted by Gasteiger charge is -2.36. The average molecular weight is 474 g/mol. The predicted molar refractivity (Wildman–Crippen MR) is 122 cm³/mol. The first-order valence-electron chi connectivity index (χ1n) is 13.0. The first-order chi connectivity index (χ1) is 16.6. The lowest BCUT2D eigenvalue weighted by atomic mass is 9.94. The van der Waals surface area contributed by atoms with Gasteiger partial charge in [0, 0.05) is 25.7 Å². The van der Waals surface area contributed by atoms with E-state index in [2.05, 4.69) is 5.32 Å². The van der Waals surface area contributed by atoms with Crippen molar-refractivity contribution in [1.82, 2.24) is 0 Å². The fourth-order valence-corrected chi connectivity index (χ4v) is 6.22. The number of para-hydroxylation sites is 2. The number of hydrogen-bond acceptors (Lipinski definition) is 7. The average Bonchev–Trinajstić information content (AvgIpc) is 3.38. The van der Waals surface area contributed by atoms with Crippen LogP contribution in [-0.2, 0) is 28.5 Å². The van der Waals surface area contributed by atoms with Gasteiger partial charge in [-0.25, -0.2) is 0 Å². The third-order valence-corrected chi connectivity index (χ3v) is 7.81. The second-order valence-electron chi connectivity index (χ2n) is 10.2. The lowest BCUT2D eigenvalue weighted by molar-refractivity contribution is -0.246. The molecule has 3 aliphatic heterocycles. The van der Waals surface area contributed by atoms with E-state index >= 15 is 0 Å². The van der Waals surface area contributed by atoms with E-state index in [0.29, 0.717) is 18.0 Å². The van der Waals surface area contributed by atoms with Crippen molar-refractivity contribution in [2.24, 2.45) is 0 Å². The normalized spacial score (nSPS) is 35.6. The Balaban J connectivity index is 1.27. The van der Waals surface area contributed by atoms with Crippen LogP contribution in [0.25, 0.3) is 0 Å². The fourth-order valence-electron chi connectivity index (χ4n) is 6.22. The molecule has 0 unspecified atom stereocenters. The summed E-state index contributed by atoms with van der Waals surface area (Å²) in [7, 11) is 0. The molecule has 1 aromatic rings. The third kappa shape index (κ3) is 4.03. The van der Waals surface area contributed by atoms with Gasteiger partial charge in [0.15, 0.2) is 24.0 Å². The predicted octanol–water partition coefficient (Wildman–Crippen LogP) is 4.27.